The van der Waals surface area contributed by atoms with E-state index in [2.05, 4.69) is 5.32 Å². The normalized spacial score (nSPS) is 11.5. The first kappa shape index (κ1) is 17.3. The second-order valence-electron chi connectivity index (χ2n) is 5.24. The molecule has 1 atom stereocenters. The minimum atomic E-state index is -0.752. The predicted molar refractivity (Wildman–Crippen MR) is 91.4 cm³/mol. The zero-order chi connectivity index (χ0) is 17.7. The highest BCUT2D eigenvalue weighted by molar-refractivity contribution is 5.99. The number of nitrogens with two attached hydrogens (primary N) is 1. The Bertz CT molecular complexity index is 758. The van der Waals surface area contributed by atoms with Crippen LogP contribution in [0.3, 0.4) is 0 Å². The van der Waals surface area contributed by atoms with E-state index in [1.165, 1.54) is 7.11 Å². The van der Waals surface area contributed by atoms with Gasteiger partial charge in [-0.25, -0.2) is 0 Å². The molecule has 6 heteroatoms. The van der Waals surface area contributed by atoms with Gasteiger partial charge in [-0.3, -0.25) is 9.59 Å². The average Bonchev–Trinajstić information content (AvgIpc) is 2.56. The van der Waals surface area contributed by atoms with Crippen molar-refractivity contribution in [1.82, 2.24) is 0 Å². The lowest BCUT2D eigenvalue weighted by Crippen LogP contribution is -2.30. The fourth-order valence-electron chi connectivity index (χ4n) is 2.23. The van der Waals surface area contributed by atoms with Gasteiger partial charge in [0, 0.05) is 11.3 Å². The van der Waals surface area contributed by atoms with Gasteiger partial charge in [0.25, 0.3) is 5.91 Å². The van der Waals surface area contributed by atoms with Gasteiger partial charge in [0.05, 0.1) is 7.11 Å². The second-order valence-corrected chi connectivity index (χ2v) is 5.24. The molecule has 2 amide bonds. The minimum Gasteiger partial charge on any atom is -0.493 e. The van der Waals surface area contributed by atoms with Crippen molar-refractivity contribution in [2.24, 2.45) is 5.73 Å². The summed E-state index contributed by atoms with van der Waals surface area (Å²) in [4.78, 5) is 23.7. The van der Waals surface area contributed by atoms with Crippen molar-refractivity contribution in [2.75, 3.05) is 12.4 Å². The maximum atomic E-state index is 12.4. The van der Waals surface area contributed by atoms with Gasteiger partial charge >= 0.3 is 0 Å². The number of hydrogen-bond donors (Lipinski definition) is 2. The summed E-state index contributed by atoms with van der Waals surface area (Å²) in [6, 6.07) is 12.1. The number of anilines is 1. The summed E-state index contributed by atoms with van der Waals surface area (Å²) in [5, 5.41) is 2.75. The summed E-state index contributed by atoms with van der Waals surface area (Å²) >= 11 is 0. The largest absolute Gasteiger partial charge is 0.493 e. The maximum Gasteiger partial charge on any atom is 0.265 e. The van der Waals surface area contributed by atoms with E-state index in [0.717, 1.165) is 0 Å². The number of benzene rings is 2. The molecule has 0 saturated heterocycles. The van der Waals surface area contributed by atoms with Crippen molar-refractivity contribution in [3.05, 3.63) is 53.6 Å². The molecule has 0 aliphatic heterocycles. The van der Waals surface area contributed by atoms with Crippen LogP contribution in [0.1, 0.15) is 22.8 Å². The molecule has 0 aliphatic rings. The zero-order valence-electron chi connectivity index (χ0n) is 13.8. The highest BCUT2D eigenvalue weighted by Gasteiger charge is 2.18. The van der Waals surface area contributed by atoms with Crippen LogP contribution in [-0.4, -0.2) is 25.0 Å². The highest BCUT2D eigenvalue weighted by atomic mass is 16.5. The molecule has 0 heterocycles. The number of rotatable bonds is 6. The molecule has 0 aromatic heterocycles. The van der Waals surface area contributed by atoms with E-state index in [1.54, 1.807) is 50.2 Å². The Morgan fingerprint density at radius 3 is 2.38 bits per heavy atom. The van der Waals surface area contributed by atoms with E-state index >= 15 is 0 Å². The monoisotopic (exact) mass is 328 g/mol. The number of para-hydroxylation sites is 2. The zero-order valence-corrected chi connectivity index (χ0v) is 13.8. The summed E-state index contributed by atoms with van der Waals surface area (Å²) in [7, 11) is 1.53. The van der Waals surface area contributed by atoms with Gasteiger partial charge in [0.2, 0.25) is 5.91 Å². The van der Waals surface area contributed by atoms with Crippen LogP contribution in [0.4, 0.5) is 5.69 Å². The van der Waals surface area contributed by atoms with E-state index in [1.807, 2.05) is 6.07 Å². The predicted octanol–water partition coefficient (Wildman–Crippen LogP) is 2.51. The van der Waals surface area contributed by atoms with Crippen LogP contribution in [0.5, 0.6) is 11.5 Å². The third kappa shape index (κ3) is 3.84. The van der Waals surface area contributed by atoms with E-state index in [4.69, 9.17) is 15.2 Å². The number of ether oxygens (including phenoxy) is 2. The number of methoxy groups -OCH3 is 1. The molecule has 24 heavy (non-hydrogen) atoms. The number of carbonyl (C=O) groups excluding carboxylic acids is 2. The third-order valence-electron chi connectivity index (χ3n) is 3.60. The summed E-state index contributed by atoms with van der Waals surface area (Å²) < 4.78 is 10.9. The summed E-state index contributed by atoms with van der Waals surface area (Å²) in [6.45, 7) is 3.36. The van der Waals surface area contributed by atoms with Crippen LogP contribution in [-0.2, 0) is 4.79 Å². The molecule has 6 nitrogen and oxygen atoms in total. The third-order valence-corrected chi connectivity index (χ3v) is 3.60. The van der Waals surface area contributed by atoms with Crippen LogP contribution in [0, 0.1) is 6.92 Å². The minimum absolute atomic E-state index is 0.342. The molecule has 2 aromatic carbocycles. The molecule has 0 saturated carbocycles. The first-order valence-corrected chi connectivity index (χ1v) is 7.44. The van der Waals surface area contributed by atoms with Crippen LogP contribution in [0.15, 0.2) is 42.5 Å². The summed E-state index contributed by atoms with van der Waals surface area (Å²) in [5.41, 5.74) is 6.82. The molecule has 0 spiro atoms. The summed E-state index contributed by atoms with van der Waals surface area (Å²) in [5.74, 6) is 0.141. The lowest BCUT2D eigenvalue weighted by molar-refractivity contribution is -0.122. The standard InChI is InChI=1S/C18H20N2O4/c1-11-13(17(19)21)7-6-8-14(11)20-18(22)12(2)24-16-10-5-4-9-15(16)23-3/h4-10,12H,1-3H3,(H2,19,21)(H,20,22)/t12-/m1/s1. The Morgan fingerprint density at radius 2 is 1.75 bits per heavy atom. The molecule has 2 rings (SSSR count). The second kappa shape index (κ2) is 7.50. The number of primary amides is 1. The molecule has 0 fully saturated rings. The SMILES string of the molecule is COc1ccccc1O[C@H](C)C(=O)Nc1cccc(C(N)=O)c1C. The Morgan fingerprint density at radius 1 is 1.08 bits per heavy atom. The van der Waals surface area contributed by atoms with Crippen LogP contribution in [0.2, 0.25) is 0 Å². The average molecular weight is 328 g/mol. The van der Waals surface area contributed by atoms with Gasteiger partial charge < -0.3 is 20.5 Å². The molecule has 0 unspecified atom stereocenters. The Kier molecular flexibility index (Phi) is 5.42. The molecular weight excluding hydrogens is 308 g/mol. The first-order chi connectivity index (χ1) is 11.4. The Hall–Kier alpha value is -3.02. The lowest BCUT2D eigenvalue weighted by Gasteiger charge is -2.17. The van der Waals surface area contributed by atoms with Crippen molar-refractivity contribution in [3.63, 3.8) is 0 Å². The maximum absolute atomic E-state index is 12.4. The lowest BCUT2D eigenvalue weighted by atomic mass is 10.1. The van der Waals surface area contributed by atoms with Gasteiger partial charge in [-0.2, -0.15) is 0 Å². The van der Waals surface area contributed by atoms with Gasteiger partial charge in [0.15, 0.2) is 17.6 Å². The summed E-state index contributed by atoms with van der Waals surface area (Å²) in [6.07, 6.45) is -0.752. The smallest absolute Gasteiger partial charge is 0.265 e. The van der Waals surface area contributed by atoms with Crippen molar-refractivity contribution in [1.29, 1.82) is 0 Å². The number of amides is 2. The molecule has 3 N–H and O–H groups in total. The van der Waals surface area contributed by atoms with E-state index in [9.17, 15) is 9.59 Å². The molecule has 0 bridgehead atoms. The van der Waals surface area contributed by atoms with Gasteiger partial charge in [-0.15, -0.1) is 0 Å². The fraction of sp³-hybridized carbons (Fsp3) is 0.222. The Labute approximate surface area is 140 Å². The van der Waals surface area contributed by atoms with Gasteiger partial charge in [-0.1, -0.05) is 18.2 Å². The molecule has 2 aromatic rings. The van der Waals surface area contributed by atoms with Crippen LogP contribution >= 0.6 is 0 Å². The van der Waals surface area contributed by atoms with Crippen molar-refractivity contribution < 1.29 is 19.1 Å². The van der Waals surface area contributed by atoms with Crippen molar-refractivity contribution >= 4 is 17.5 Å². The van der Waals surface area contributed by atoms with Crippen molar-refractivity contribution in [3.8, 4) is 11.5 Å². The number of carbonyl (C=O) groups is 2. The molecule has 126 valence electrons. The van der Waals surface area contributed by atoms with E-state index in [0.29, 0.717) is 28.3 Å². The number of hydrogen-bond acceptors (Lipinski definition) is 4. The van der Waals surface area contributed by atoms with Crippen LogP contribution < -0.4 is 20.5 Å². The Balaban J connectivity index is 2.12. The first-order valence-electron chi connectivity index (χ1n) is 7.44. The van der Waals surface area contributed by atoms with E-state index in [-0.39, 0.29) is 5.91 Å². The van der Waals surface area contributed by atoms with Crippen molar-refractivity contribution in [2.45, 2.75) is 20.0 Å². The molecule has 0 radical (unpaired) electrons. The van der Waals surface area contributed by atoms with E-state index < -0.39 is 12.0 Å². The quantitative estimate of drug-likeness (QED) is 0.852. The number of nitrogens with one attached hydrogen (secondary N) is 1. The topological polar surface area (TPSA) is 90.7 Å². The molecular formula is C18H20N2O4. The van der Waals surface area contributed by atoms with Gasteiger partial charge in [-0.05, 0) is 43.7 Å². The fourth-order valence-corrected chi connectivity index (χ4v) is 2.23. The molecule has 0 aliphatic carbocycles. The van der Waals surface area contributed by atoms with Crippen LogP contribution in [0.25, 0.3) is 0 Å². The highest BCUT2D eigenvalue weighted by Crippen LogP contribution is 2.27. The van der Waals surface area contributed by atoms with Gasteiger partial charge in [0.1, 0.15) is 0 Å².